The van der Waals surface area contributed by atoms with Crippen molar-refractivity contribution in [1.29, 1.82) is 0 Å². The molecule has 1 N–H and O–H groups in total. The van der Waals surface area contributed by atoms with E-state index in [0.29, 0.717) is 5.56 Å². The molecule has 1 aromatic heterocycles. The van der Waals surface area contributed by atoms with Crippen molar-refractivity contribution in [2.75, 3.05) is 38.5 Å². The van der Waals surface area contributed by atoms with E-state index in [1.807, 2.05) is 23.1 Å². The molecule has 3 rings (SSSR count). The molecule has 1 saturated heterocycles. The summed E-state index contributed by atoms with van der Waals surface area (Å²) in [5, 5.41) is 3.38. The lowest BCUT2D eigenvalue weighted by molar-refractivity contribution is 0.0663. The minimum Gasteiger partial charge on any atom is -0.354 e. The van der Waals surface area contributed by atoms with Crippen LogP contribution in [-0.4, -0.2) is 53.9 Å². The number of carbonyl (C=O) groups excluding carboxylic acids is 1. The van der Waals surface area contributed by atoms with Gasteiger partial charge in [0, 0.05) is 38.1 Å². The van der Waals surface area contributed by atoms with Crippen molar-refractivity contribution < 1.29 is 4.79 Å². The highest BCUT2D eigenvalue weighted by Crippen LogP contribution is 2.23. The van der Waals surface area contributed by atoms with Gasteiger partial charge in [0.05, 0.1) is 17.4 Å². The number of amides is 1. The second-order valence-corrected chi connectivity index (χ2v) is 6.43. The van der Waals surface area contributed by atoms with Gasteiger partial charge >= 0.3 is 0 Å². The lowest BCUT2D eigenvalue weighted by atomic mass is 10.1. The molecule has 1 aliphatic heterocycles. The van der Waals surface area contributed by atoms with E-state index in [9.17, 15) is 4.79 Å². The lowest BCUT2D eigenvalue weighted by Crippen LogP contribution is -2.47. The van der Waals surface area contributed by atoms with Crippen LogP contribution in [0, 0.1) is 13.8 Å². The molecule has 2 aromatic rings. The molecule has 5 nitrogen and oxygen atoms in total. The third-order valence-electron chi connectivity index (χ3n) is 4.66. The van der Waals surface area contributed by atoms with E-state index in [-0.39, 0.29) is 5.91 Å². The Morgan fingerprint density at radius 1 is 1.12 bits per heavy atom. The minimum absolute atomic E-state index is 0.0558. The summed E-state index contributed by atoms with van der Waals surface area (Å²) in [5.41, 5.74) is 4.95. The van der Waals surface area contributed by atoms with Crippen LogP contribution in [0.4, 0.5) is 11.4 Å². The minimum atomic E-state index is 0.0558. The van der Waals surface area contributed by atoms with Crippen molar-refractivity contribution in [2.24, 2.45) is 0 Å². The van der Waals surface area contributed by atoms with Gasteiger partial charge in [-0.1, -0.05) is 12.1 Å². The predicted molar refractivity (Wildman–Crippen MR) is 96.8 cm³/mol. The quantitative estimate of drug-likeness (QED) is 0.943. The molecule has 1 amide bonds. The zero-order valence-corrected chi connectivity index (χ0v) is 14.5. The molecule has 0 bridgehead atoms. The molecule has 1 fully saturated rings. The van der Waals surface area contributed by atoms with E-state index >= 15 is 0 Å². The number of pyridine rings is 1. The smallest absolute Gasteiger partial charge is 0.255 e. The summed E-state index contributed by atoms with van der Waals surface area (Å²) in [6.45, 7) is 7.55. The number of rotatable bonds is 3. The second kappa shape index (κ2) is 7.01. The van der Waals surface area contributed by atoms with Crippen LogP contribution in [0.15, 0.2) is 36.7 Å². The lowest BCUT2D eigenvalue weighted by Gasteiger charge is -2.32. The molecule has 0 unspecified atom stereocenters. The number of aryl methyl sites for hydroxylation is 1. The summed E-state index contributed by atoms with van der Waals surface area (Å²) >= 11 is 0. The third kappa shape index (κ3) is 3.57. The van der Waals surface area contributed by atoms with E-state index in [1.165, 1.54) is 11.1 Å². The van der Waals surface area contributed by atoms with Crippen LogP contribution in [-0.2, 0) is 0 Å². The van der Waals surface area contributed by atoms with Gasteiger partial charge in [-0.3, -0.25) is 9.78 Å². The summed E-state index contributed by atoms with van der Waals surface area (Å²) < 4.78 is 0. The fraction of sp³-hybridized carbons (Fsp3) is 0.368. The first-order valence-corrected chi connectivity index (χ1v) is 8.30. The van der Waals surface area contributed by atoms with Crippen LogP contribution in [0.3, 0.4) is 0 Å². The molecule has 24 heavy (non-hydrogen) atoms. The fourth-order valence-corrected chi connectivity index (χ4v) is 2.86. The first-order valence-electron chi connectivity index (χ1n) is 8.30. The van der Waals surface area contributed by atoms with Gasteiger partial charge in [-0.25, -0.2) is 0 Å². The molecule has 1 aromatic carbocycles. The average molecular weight is 324 g/mol. The largest absolute Gasteiger partial charge is 0.354 e. The van der Waals surface area contributed by atoms with Crippen LogP contribution in [0.25, 0.3) is 0 Å². The van der Waals surface area contributed by atoms with E-state index in [2.05, 4.69) is 42.2 Å². The van der Waals surface area contributed by atoms with Crippen molar-refractivity contribution in [3.8, 4) is 0 Å². The fourth-order valence-electron chi connectivity index (χ4n) is 2.86. The van der Waals surface area contributed by atoms with Crippen LogP contribution in [0.1, 0.15) is 21.5 Å². The van der Waals surface area contributed by atoms with E-state index < -0.39 is 0 Å². The average Bonchev–Trinajstić information content (AvgIpc) is 2.59. The number of benzene rings is 1. The van der Waals surface area contributed by atoms with E-state index in [4.69, 9.17) is 0 Å². The van der Waals surface area contributed by atoms with Crippen LogP contribution in [0.5, 0.6) is 0 Å². The van der Waals surface area contributed by atoms with Gasteiger partial charge in [0.25, 0.3) is 5.91 Å². The number of nitrogens with zero attached hydrogens (tertiary/aromatic N) is 3. The summed E-state index contributed by atoms with van der Waals surface area (Å²) in [6, 6.07) is 8.04. The Morgan fingerprint density at radius 2 is 1.88 bits per heavy atom. The number of likely N-dealkylation sites (N-methyl/N-ethyl adjacent to an activating group) is 1. The van der Waals surface area contributed by atoms with Crippen molar-refractivity contribution in [2.45, 2.75) is 13.8 Å². The Kier molecular flexibility index (Phi) is 4.81. The van der Waals surface area contributed by atoms with E-state index in [0.717, 1.165) is 37.6 Å². The standard InChI is InChI=1S/C19H24N4O/c1-14-5-4-6-18(15(14)2)21-17-11-16(12-20-13-17)19(24)23-9-7-22(3)8-10-23/h4-6,11-13,21H,7-10H2,1-3H3. The van der Waals surface area contributed by atoms with Gasteiger partial charge in [0.15, 0.2) is 0 Å². The normalized spacial score (nSPS) is 15.4. The number of piperazine rings is 1. The van der Waals surface area contributed by atoms with Crippen molar-refractivity contribution in [1.82, 2.24) is 14.8 Å². The number of anilines is 2. The van der Waals surface area contributed by atoms with Crippen molar-refractivity contribution >= 4 is 17.3 Å². The molecule has 5 heteroatoms. The Balaban J connectivity index is 1.76. The predicted octanol–water partition coefficient (Wildman–Crippen LogP) is 2.83. The molecule has 0 saturated carbocycles. The Hall–Kier alpha value is -2.40. The third-order valence-corrected chi connectivity index (χ3v) is 4.66. The first-order chi connectivity index (χ1) is 11.5. The Labute approximate surface area is 143 Å². The maximum atomic E-state index is 12.7. The second-order valence-electron chi connectivity index (χ2n) is 6.43. The number of hydrogen-bond acceptors (Lipinski definition) is 4. The van der Waals surface area contributed by atoms with Crippen molar-refractivity contribution in [3.63, 3.8) is 0 Å². The van der Waals surface area contributed by atoms with Crippen LogP contribution >= 0.6 is 0 Å². The van der Waals surface area contributed by atoms with Gasteiger partial charge < -0.3 is 15.1 Å². The SMILES string of the molecule is Cc1cccc(Nc2cncc(C(=O)N3CCN(C)CC3)c2)c1C. The molecule has 126 valence electrons. The van der Waals surface area contributed by atoms with Crippen LogP contribution < -0.4 is 5.32 Å². The maximum absolute atomic E-state index is 12.7. The number of carbonyl (C=O) groups is 1. The molecule has 0 radical (unpaired) electrons. The first kappa shape index (κ1) is 16.5. The van der Waals surface area contributed by atoms with Gasteiger partial charge in [-0.05, 0) is 44.2 Å². The monoisotopic (exact) mass is 324 g/mol. The van der Waals surface area contributed by atoms with Crippen LogP contribution in [0.2, 0.25) is 0 Å². The molecule has 0 aliphatic carbocycles. The highest BCUT2D eigenvalue weighted by molar-refractivity contribution is 5.95. The molecular formula is C19H24N4O. The van der Waals surface area contributed by atoms with Gasteiger partial charge in [0.1, 0.15) is 0 Å². The summed E-state index contributed by atoms with van der Waals surface area (Å²) in [6.07, 6.45) is 3.40. The summed E-state index contributed by atoms with van der Waals surface area (Å²) in [4.78, 5) is 21.1. The van der Waals surface area contributed by atoms with Gasteiger partial charge in [-0.2, -0.15) is 0 Å². The molecule has 2 heterocycles. The molecule has 0 spiro atoms. The van der Waals surface area contributed by atoms with Crippen molar-refractivity contribution in [3.05, 3.63) is 53.3 Å². The molecular weight excluding hydrogens is 300 g/mol. The van der Waals surface area contributed by atoms with Gasteiger partial charge in [-0.15, -0.1) is 0 Å². The summed E-state index contributed by atoms with van der Waals surface area (Å²) in [7, 11) is 2.08. The Bertz CT molecular complexity index is 736. The zero-order chi connectivity index (χ0) is 17.1. The maximum Gasteiger partial charge on any atom is 0.255 e. The highest BCUT2D eigenvalue weighted by Gasteiger charge is 2.20. The molecule has 1 aliphatic rings. The number of aromatic nitrogens is 1. The highest BCUT2D eigenvalue weighted by atomic mass is 16.2. The van der Waals surface area contributed by atoms with E-state index in [1.54, 1.807) is 12.4 Å². The Morgan fingerprint density at radius 3 is 2.62 bits per heavy atom. The zero-order valence-electron chi connectivity index (χ0n) is 14.5. The topological polar surface area (TPSA) is 48.5 Å². The number of hydrogen-bond donors (Lipinski definition) is 1. The number of nitrogens with one attached hydrogen (secondary N) is 1. The van der Waals surface area contributed by atoms with Gasteiger partial charge in [0.2, 0.25) is 0 Å². The summed E-state index contributed by atoms with van der Waals surface area (Å²) in [5.74, 6) is 0.0558. The molecule has 0 atom stereocenters.